The van der Waals surface area contributed by atoms with Crippen molar-refractivity contribution < 1.29 is 9.53 Å². The van der Waals surface area contributed by atoms with Gasteiger partial charge in [0.05, 0.1) is 17.3 Å². The van der Waals surface area contributed by atoms with Crippen molar-refractivity contribution in [2.75, 3.05) is 13.2 Å². The van der Waals surface area contributed by atoms with Crippen LogP contribution >= 0.6 is 23.2 Å². The number of nitrogens with one attached hydrogen (secondary N) is 1. The van der Waals surface area contributed by atoms with Gasteiger partial charge in [-0.25, -0.2) is 4.68 Å². The predicted molar refractivity (Wildman–Crippen MR) is 114 cm³/mol. The van der Waals surface area contributed by atoms with Gasteiger partial charge in [-0.2, -0.15) is 5.10 Å². The van der Waals surface area contributed by atoms with Crippen molar-refractivity contribution in [1.29, 1.82) is 0 Å². The van der Waals surface area contributed by atoms with Crippen LogP contribution in [-0.4, -0.2) is 28.8 Å². The molecule has 1 heterocycles. The Kier molecular flexibility index (Phi) is 6.90. The second kappa shape index (κ2) is 9.58. The lowest BCUT2D eigenvalue weighted by Gasteiger charge is -2.10. The molecule has 29 heavy (non-hydrogen) atoms. The summed E-state index contributed by atoms with van der Waals surface area (Å²) < 4.78 is 6.70. The van der Waals surface area contributed by atoms with E-state index in [1.165, 1.54) is 10.7 Å². The standard InChI is InChI=1S/C21H19Cl2N3O3/c1-14-5-7-15(8-6-14)17-9-10-20(28)26(25-17)12-11-24-19(27)13-29-18-4-2-3-16(22)21(18)23/h2-10H,11-13H2,1H3,(H,24,27). The minimum atomic E-state index is -0.344. The van der Waals surface area contributed by atoms with Crippen LogP contribution in [0.2, 0.25) is 10.0 Å². The molecule has 0 radical (unpaired) electrons. The van der Waals surface area contributed by atoms with E-state index in [0.717, 1.165) is 11.1 Å². The average Bonchev–Trinajstić information content (AvgIpc) is 2.71. The summed E-state index contributed by atoms with van der Waals surface area (Å²) in [4.78, 5) is 24.0. The van der Waals surface area contributed by atoms with E-state index in [9.17, 15) is 9.59 Å². The van der Waals surface area contributed by atoms with Crippen molar-refractivity contribution in [3.63, 3.8) is 0 Å². The largest absolute Gasteiger partial charge is 0.482 e. The molecule has 0 fully saturated rings. The highest BCUT2D eigenvalue weighted by molar-refractivity contribution is 6.42. The number of carbonyl (C=O) groups is 1. The van der Waals surface area contributed by atoms with Gasteiger partial charge in [0.1, 0.15) is 10.8 Å². The molecule has 0 unspecified atom stereocenters. The summed E-state index contributed by atoms with van der Waals surface area (Å²) in [5.74, 6) is -0.0122. The summed E-state index contributed by atoms with van der Waals surface area (Å²) in [5, 5.41) is 7.67. The van der Waals surface area contributed by atoms with Gasteiger partial charge in [-0.05, 0) is 25.1 Å². The van der Waals surface area contributed by atoms with Gasteiger partial charge >= 0.3 is 0 Å². The maximum atomic E-state index is 12.0. The highest BCUT2D eigenvalue weighted by Crippen LogP contribution is 2.31. The number of rotatable bonds is 7. The van der Waals surface area contributed by atoms with Crippen LogP contribution < -0.4 is 15.6 Å². The van der Waals surface area contributed by atoms with Gasteiger partial charge in [0.2, 0.25) is 0 Å². The van der Waals surface area contributed by atoms with E-state index in [4.69, 9.17) is 27.9 Å². The fourth-order valence-electron chi connectivity index (χ4n) is 2.58. The molecule has 0 bridgehead atoms. The quantitative estimate of drug-likeness (QED) is 0.618. The third-order valence-corrected chi connectivity index (χ3v) is 4.94. The van der Waals surface area contributed by atoms with Crippen LogP contribution in [0.4, 0.5) is 0 Å². The molecule has 3 rings (SSSR count). The number of benzene rings is 2. The van der Waals surface area contributed by atoms with Gasteiger partial charge in [-0.1, -0.05) is 59.1 Å². The van der Waals surface area contributed by atoms with Crippen molar-refractivity contribution in [2.24, 2.45) is 0 Å². The molecule has 0 spiro atoms. The third-order valence-electron chi connectivity index (χ3n) is 4.13. The molecule has 1 amide bonds. The minimum absolute atomic E-state index is 0.216. The van der Waals surface area contributed by atoms with Crippen LogP contribution in [0.1, 0.15) is 5.56 Å². The molecule has 0 atom stereocenters. The number of hydrogen-bond donors (Lipinski definition) is 1. The maximum Gasteiger partial charge on any atom is 0.266 e. The molecule has 3 aromatic rings. The molecular weight excluding hydrogens is 413 g/mol. The number of nitrogens with zero attached hydrogens (tertiary/aromatic N) is 2. The van der Waals surface area contributed by atoms with Gasteiger partial charge < -0.3 is 10.1 Å². The third kappa shape index (κ3) is 5.59. The first-order valence-corrected chi connectivity index (χ1v) is 9.68. The Balaban J connectivity index is 1.55. The SMILES string of the molecule is Cc1ccc(-c2ccc(=O)n(CCNC(=O)COc3cccc(Cl)c3Cl)n2)cc1. The second-order valence-electron chi connectivity index (χ2n) is 6.34. The zero-order valence-electron chi connectivity index (χ0n) is 15.7. The Hall–Kier alpha value is -2.83. The van der Waals surface area contributed by atoms with Gasteiger partial charge in [-0.15, -0.1) is 0 Å². The summed E-state index contributed by atoms with van der Waals surface area (Å²) in [6.07, 6.45) is 0. The topological polar surface area (TPSA) is 73.2 Å². The smallest absolute Gasteiger partial charge is 0.266 e. The van der Waals surface area contributed by atoms with E-state index >= 15 is 0 Å². The van der Waals surface area contributed by atoms with E-state index in [2.05, 4.69) is 10.4 Å². The summed E-state index contributed by atoms with van der Waals surface area (Å²) in [6, 6.07) is 16.0. The predicted octanol–water partition coefficient (Wildman–Crippen LogP) is 3.72. The van der Waals surface area contributed by atoms with Crippen molar-refractivity contribution in [3.8, 4) is 17.0 Å². The fourth-order valence-corrected chi connectivity index (χ4v) is 2.92. The van der Waals surface area contributed by atoms with Crippen LogP contribution in [0.5, 0.6) is 5.75 Å². The first-order valence-electron chi connectivity index (χ1n) is 8.93. The minimum Gasteiger partial charge on any atom is -0.482 e. The van der Waals surface area contributed by atoms with E-state index in [0.29, 0.717) is 16.5 Å². The number of halogens is 2. The van der Waals surface area contributed by atoms with E-state index in [-0.39, 0.29) is 36.2 Å². The average molecular weight is 432 g/mol. The van der Waals surface area contributed by atoms with Gasteiger partial charge in [-0.3, -0.25) is 9.59 Å². The van der Waals surface area contributed by atoms with Crippen LogP contribution in [0.3, 0.4) is 0 Å². The summed E-state index contributed by atoms with van der Waals surface area (Å²) >= 11 is 11.9. The Bertz CT molecular complexity index is 1070. The molecule has 150 valence electrons. The Morgan fingerprint density at radius 2 is 1.86 bits per heavy atom. The molecule has 0 aliphatic rings. The van der Waals surface area contributed by atoms with Gasteiger partial charge in [0.15, 0.2) is 6.61 Å². The normalized spacial score (nSPS) is 10.6. The summed E-state index contributed by atoms with van der Waals surface area (Å²) in [6.45, 7) is 2.26. The molecule has 0 aliphatic carbocycles. The number of ether oxygens (including phenoxy) is 1. The first kappa shape index (κ1) is 20.9. The Labute approximate surface area is 178 Å². The molecule has 2 aromatic carbocycles. The molecule has 0 aliphatic heterocycles. The van der Waals surface area contributed by atoms with Crippen molar-refractivity contribution in [2.45, 2.75) is 13.5 Å². The van der Waals surface area contributed by atoms with Crippen LogP contribution in [-0.2, 0) is 11.3 Å². The number of carbonyl (C=O) groups excluding carboxylic acids is 1. The molecule has 1 aromatic heterocycles. The Morgan fingerprint density at radius 3 is 2.62 bits per heavy atom. The highest BCUT2D eigenvalue weighted by atomic mass is 35.5. The van der Waals surface area contributed by atoms with Crippen molar-refractivity contribution >= 4 is 29.1 Å². The first-order chi connectivity index (χ1) is 13.9. The van der Waals surface area contributed by atoms with E-state index in [1.54, 1.807) is 24.3 Å². The Morgan fingerprint density at radius 1 is 1.10 bits per heavy atom. The second-order valence-corrected chi connectivity index (χ2v) is 7.12. The molecular formula is C21H19Cl2N3O3. The number of aromatic nitrogens is 2. The summed E-state index contributed by atoms with van der Waals surface area (Å²) in [7, 11) is 0. The molecule has 0 saturated carbocycles. The summed E-state index contributed by atoms with van der Waals surface area (Å²) in [5.41, 5.74) is 2.51. The molecule has 6 nitrogen and oxygen atoms in total. The molecule has 8 heteroatoms. The lowest BCUT2D eigenvalue weighted by atomic mass is 10.1. The maximum absolute atomic E-state index is 12.0. The fraction of sp³-hybridized carbons (Fsp3) is 0.190. The number of hydrogen-bond acceptors (Lipinski definition) is 4. The highest BCUT2D eigenvalue weighted by Gasteiger charge is 2.09. The van der Waals surface area contributed by atoms with Crippen LogP contribution in [0.15, 0.2) is 59.4 Å². The van der Waals surface area contributed by atoms with Gasteiger partial charge in [0.25, 0.3) is 11.5 Å². The lowest BCUT2D eigenvalue weighted by Crippen LogP contribution is -2.34. The van der Waals surface area contributed by atoms with Gasteiger partial charge in [0, 0.05) is 18.2 Å². The van der Waals surface area contributed by atoms with Crippen molar-refractivity contribution in [3.05, 3.63) is 80.6 Å². The molecule has 1 N–H and O–H groups in total. The number of aryl methyl sites for hydroxylation is 1. The number of amides is 1. The zero-order valence-corrected chi connectivity index (χ0v) is 17.2. The molecule has 0 saturated heterocycles. The van der Waals surface area contributed by atoms with Crippen LogP contribution in [0.25, 0.3) is 11.3 Å². The lowest BCUT2D eigenvalue weighted by molar-refractivity contribution is -0.123. The van der Waals surface area contributed by atoms with Crippen LogP contribution in [0, 0.1) is 6.92 Å². The van der Waals surface area contributed by atoms with E-state index in [1.807, 2.05) is 31.2 Å². The zero-order chi connectivity index (χ0) is 20.8. The van der Waals surface area contributed by atoms with Crippen molar-refractivity contribution in [1.82, 2.24) is 15.1 Å². The van der Waals surface area contributed by atoms with E-state index < -0.39 is 0 Å². The monoisotopic (exact) mass is 431 g/mol.